The van der Waals surface area contributed by atoms with Crippen LogP contribution in [0, 0.1) is 5.82 Å². The molecule has 98 valence electrons. The molecule has 19 heavy (non-hydrogen) atoms. The molecule has 0 saturated heterocycles. The van der Waals surface area contributed by atoms with Crippen LogP contribution < -0.4 is 0 Å². The maximum absolute atomic E-state index is 12.8. The molecular formula is C14H13FN2OS. The molecule has 1 aromatic carbocycles. The van der Waals surface area contributed by atoms with Crippen LogP contribution in [0.25, 0.3) is 11.8 Å². The summed E-state index contributed by atoms with van der Waals surface area (Å²) in [5.41, 5.74) is 1.74. The van der Waals surface area contributed by atoms with Gasteiger partial charge in [-0.3, -0.25) is 4.79 Å². The number of benzene rings is 1. The van der Waals surface area contributed by atoms with Crippen LogP contribution in [0.4, 0.5) is 4.39 Å². The predicted octanol–water partition coefficient (Wildman–Crippen LogP) is 3.30. The summed E-state index contributed by atoms with van der Waals surface area (Å²) in [6.07, 6.45) is 7.39. The molecule has 0 N–H and O–H groups in total. The van der Waals surface area contributed by atoms with E-state index in [9.17, 15) is 9.18 Å². The smallest absolute Gasteiger partial charge is 0.186 e. The molecule has 0 aliphatic rings. The molecule has 0 atom stereocenters. The monoisotopic (exact) mass is 276 g/mol. The van der Waals surface area contributed by atoms with Crippen LogP contribution >= 0.6 is 11.8 Å². The van der Waals surface area contributed by atoms with Gasteiger partial charge in [-0.1, -0.05) is 23.9 Å². The second-order valence-corrected chi connectivity index (χ2v) is 5.10. The highest BCUT2D eigenvalue weighted by Gasteiger charge is 1.99. The Hall–Kier alpha value is -1.88. The van der Waals surface area contributed by atoms with E-state index >= 15 is 0 Å². The molecule has 0 saturated carbocycles. The zero-order valence-corrected chi connectivity index (χ0v) is 11.2. The lowest BCUT2D eigenvalue weighted by Crippen LogP contribution is -1.93. The third kappa shape index (κ3) is 4.06. The fourth-order valence-corrected chi connectivity index (χ4v) is 1.93. The highest BCUT2D eigenvalue weighted by Crippen LogP contribution is 2.11. The molecule has 0 fully saturated rings. The second kappa shape index (κ2) is 6.33. The average molecular weight is 276 g/mol. The van der Waals surface area contributed by atoms with Gasteiger partial charge in [-0.25, -0.2) is 9.07 Å². The lowest BCUT2D eigenvalue weighted by atomic mass is 10.3. The summed E-state index contributed by atoms with van der Waals surface area (Å²) < 4.78 is 14.5. The molecule has 1 heterocycles. The first-order valence-corrected chi connectivity index (χ1v) is 6.74. The summed E-state index contributed by atoms with van der Waals surface area (Å²) >= 11 is 1.26. The molecule has 0 unspecified atom stereocenters. The molecule has 0 radical (unpaired) electrons. The average Bonchev–Trinajstić information content (AvgIpc) is 2.84. The van der Waals surface area contributed by atoms with Gasteiger partial charge in [-0.15, -0.1) is 0 Å². The van der Waals surface area contributed by atoms with Gasteiger partial charge in [0, 0.05) is 24.4 Å². The fourth-order valence-electron chi connectivity index (χ4n) is 1.51. The number of thioether (sulfide) groups is 1. The molecule has 0 amide bonds. The molecular weight excluding hydrogens is 263 g/mol. The Kier molecular flexibility index (Phi) is 4.52. The van der Waals surface area contributed by atoms with Crippen molar-refractivity contribution in [1.29, 1.82) is 0 Å². The third-order valence-corrected chi connectivity index (χ3v) is 3.15. The maximum atomic E-state index is 12.8. The third-order valence-electron chi connectivity index (χ3n) is 2.39. The lowest BCUT2D eigenvalue weighted by Gasteiger charge is -1.99. The van der Waals surface area contributed by atoms with E-state index in [1.807, 2.05) is 18.3 Å². The van der Waals surface area contributed by atoms with E-state index in [-0.39, 0.29) is 10.9 Å². The number of halogens is 1. The van der Waals surface area contributed by atoms with Gasteiger partial charge in [0.05, 0.1) is 11.9 Å². The first kappa shape index (κ1) is 13.5. The highest BCUT2D eigenvalue weighted by atomic mass is 32.2. The zero-order valence-electron chi connectivity index (χ0n) is 10.4. The Morgan fingerprint density at radius 2 is 2.16 bits per heavy atom. The van der Waals surface area contributed by atoms with E-state index < -0.39 is 0 Å². The standard InChI is InChI=1S/C14H13FN2OS/c1-11(18)19-8-2-3-12-9-16-17(10-12)14-6-4-13(15)5-7-14/h2-7,9-10H,8H2,1H3. The number of hydrogen-bond acceptors (Lipinski definition) is 3. The van der Waals surface area contributed by atoms with Gasteiger partial charge < -0.3 is 0 Å². The molecule has 0 bridgehead atoms. The van der Waals surface area contributed by atoms with Crippen LogP contribution in [-0.2, 0) is 4.79 Å². The van der Waals surface area contributed by atoms with Gasteiger partial charge in [-0.2, -0.15) is 5.10 Å². The number of carbonyl (C=O) groups is 1. The first-order chi connectivity index (χ1) is 9.15. The Morgan fingerprint density at radius 3 is 2.84 bits per heavy atom. The van der Waals surface area contributed by atoms with Crippen LogP contribution in [0.15, 0.2) is 42.7 Å². The van der Waals surface area contributed by atoms with Gasteiger partial charge in [0.2, 0.25) is 0 Å². The summed E-state index contributed by atoms with van der Waals surface area (Å²) in [5, 5.41) is 4.30. The fraction of sp³-hybridized carbons (Fsp3) is 0.143. The van der Waals surface area contributed by atoms with E-state index in [4.69, 9.17) is 0 Å². The number of aromatic nitrogens is 2. The number of carbonyl (C=O) groups excluding carboxylic acids is 1. The quantitative estimate of drug-likeness (QED) is 0.859. The number of nitrogens with zero attached hydrogens (tertiary/aromatic N) is 2. The summed E-state index contributed by atoms with van der Waals surface area (Å²) in [5.74, 6) is 0.383. The molecule has 0 aliphatic carbocycles. The molecule has 2 aromatic rings. The van der Waals surface area contributed by atoms with E-state index in [0.717, 1.165) is 11.3 Å². The van der Waals surface area contributed by atoms with Crippen LogP contribution in [0.1, 0.15) is 12.5 Å². The Morgan fingerprint density at radius 1 is 1.42 bits per heavy atom. The molecule has 1 aromatic heterocycles. The minimum Gasteiger partial charge on any atom is -0.288 e. The molecule has 0 aliphatic heterocycles. The zero-order chi connectivity index (χ0) is 13.7. The van der Waals surface area contributed by atoms with Crippen molar-refractivity contribution in [3.05, 3.63) is 54.1 Å². The largest absolute Gasteiger partial charge is 0.288 e. The van der Waals surface area contributed by atoms with Crippen molar-refractivity contribution >= 4 is 23.0 Å². The minimum atomic E-state index is -0.266. The van der Waals surface area contributed by atoms with Crippen molar-refractivity contribution in [3.8, 4) is 5.69 Å². The van der Waals surface area contributed by atoms with E-state index in [1.165, 1.54) is 23.9 Å². The van der Waals surface area contributed by atoms with Gasteiger partial charge in [0.15, 0.2) is 5.12 Å². The van der Waals surface area contributed by atoms with Gasteiger partial charge in [0.25, 0.3) is 0 Å². The minimum absolute atomic E-state index is 0.103. The summed E-state index contributed by atoms with van der Waals surface area (Å²) in [6, 6.07) is 6.13. The van der Waals surface area contributed by atoms with Gasteiger partial charge in [0.1, 0.15) is 5.82 Å². The molecule has 2 rings (SSSR count). The summed E-state index contributed by atoms with van der Waals surface area (Å²) in [6.45, 7) is 1.55. The normalized spacial score (nSPS) is 11.1. The summed E-state index contributed by atoms with van der Waals surface area (Å²) in [7, 11) is 0. The van der Waals surface area contributed by atoms with Crippen LogP contribution in [0.2, 0.25) is 0 Å². The van der Waals surface area contributed by atoms with Crippen molar-refractivity contribution in [1.82, 2.24) is 9.78 Å². The second-order valence-electron chi connectivity index (χ2n) is 3.90. The predicted molar refractivity (Wildman–Crippen MR) is 75.7 cm³/mol. The SMILES string of the molecule is CC(=O)SCC=Cc1cnn(-c2ccc(F)cc2)c1. The lowest BCUT2D eigenvalue weighted by molar-refractivity contribution is -0.109. The van der Waals surface area contributed by atoms with Crippen LogP contribution in [-0.4, -0.2) is 20.6 Å². The van der Waals surface area contributed by atoms with Crippen molar-refractivity contribution < 1.29 is 9.18 Å². The molecule has 0 spiro atoms. The van der Waals surface area contributed by atoms with Gasteiger partial charge >= 0.3 is 0 Å². The highest BCUT2D eigenvalue weighted by molar-refractivity contribution is 8.13. The van der Waals surface area contributed by atoms with Crippen LogP contribution in [0.3, 0.4) is 0 Å². The maximum Gasteiger partial charge on any atom is 0.186 e. The Bertz CT molecular complexity index is 590. The number of rotatable bonds is 4. The van der Waals surface area contributed by atoms with E-state index in [2.05, 4.69) is 5.10 Å². The van der Waals surface area contributed by atoms with Crippen molar-refractivity contribution in [2.75, 3.05) is 5.75 Å². The van der Waals surface area contributed by atoms with Crippen molar-refractivity contribution in [2.24, 2.45) is 0 Å². The van der Waals surface area contributed by atoms with E-state index in [1.54, 1.807) is 29.9 Å². The topological polar surface area (TPSA) is 34.9 Å². The Labute approximate surface area is 115 Å². The molecule has 3 nitrogen and oxygen atoms in total. The first-order valence-electron chi connectivity index (χ1n) is 5.75. The Balaban J connectivity index is 2.02. The number of hydrogen-bond donors (Lipinski definition) is 0. The van der Waals surface area contributed by atoms with E-state index in [0.29, 0.717) is 5.75 Å². The molecule has 5 heteroatoms. The van der Waals surface area contributed by atoms with Crippen molar-refractivity contribution in [2.45, 2.75) is 6.92 Å². The summed E-state index contributed by atoms with van der Waals surface area (Å²) in [4.78, 5) is 10.8. The van der Waals surface area contributed by atoms with Crippen molar-refractivity contribution in [3.63, 3.8) is 0 Å². The van der Waals surface area contributed by atoms with Gasteiger partial charge in [-0.05, 0) is 24.3 Å². The van der Waals surface area contributed by atoms with Crippen LogP contribution in [0.5, 0.6) is 0 Å².